The zero-order valence-corrected chi connectivity index (χ0v) is 21.0. The minimum absolute atomic E-state index is 0.134. The molecule has 3 aromatic rings. The second-order valence-corrected chi connectivity index (χ2v) is 9.95. The van der Waals surface area contributed by atoms with Crippen LogP contribution in [-0.2, 0) is 13.1 Å². The number of rotatable bonds is 7. The monoisotopic (exact) mass is 517 g/mol. The number of pyridine rings is 1. The van der Waals surface area contributed by atoms with Crippen LogP contribution in [0.3, 0.4) is 0 Å². The minimum Gasteiger partial charge on any atom is -0.355 e. The van der Waals surface area contributed by atoms with Gasteiger partial charge in [-0.05, 0) is 42.0 Å². The normalized spacial score (nSPS) is 14.1. The first kappa shape index (κ1) is 24.5. The third kappa shape index (κ3) is 5.88. The molecule has 2 aromatic heterocycles. The van der Waals surface area contributed by atoms with Crippen LogP contribution in [-0.4, -0.2) is 59.3 Å². The van der Waals surface area contributed by atoms with Gasteiger partial charge in [0.25, 0.3) is 11.8 Å². The fraction of sp³-hybridized carbons (Fsp3) is 0.292. The van der Waals surface area contributed by atoms with E-state index in [2.05, 4.69) is 20.1 Å². The highest BCUT2D eigenvalue weighted by Crippen LogP contribution is 2.24. The number of nitrogens with zero attached hydrogens (tertiary/aromatic N) is 4. The first-order chi connectivity index (χ1) is 16.4. The van der Waals surface area contributed by atoms with Crippen LogP contribution >= 0.6 is 34.7 Å². The zero-order chi connectivity index (χ0) is 24.1. The number of amides is 2. The SMILES string of the molecule is CNC(=O)c1cccnc1N1CCN(Cc2ccc(C(=O)N(Cl)Cc3ccc(Cl)cc3)s2)CC1. The van der Waals surface area contributed by atoms with Crippen LogP contribution in [0.4, 0.5) is 5.82 Å². The molecule has 1 aromatic carbocycles. The topological polar surface area (TPSA) is 68.8 Å². The number of piperazine rings is 1. The lowest BCUT2D eigenvalue weighted by Crippen LogP contribution is -2.46. The van der Waals surface area contributed by atoms with Gasteiger partial charge >= 0.3 is 0 Å². The Hall–Kier alpha value is -2.65. The summed E-state index contributed by atoms with van der Waals surface area (Å²) in [6.45, 7) is 4.28. The van der Waals surface area contributed by atoms with E-state index in [4.69, 9.17) is 23.4 Å². The van der Waals surface area contributed by atoms with Crippen molar-refractivity contribution in [3.63, 3.8) is 0 Å². The molecule has 4 rings (SSSR count). The lowest BCUT2D eigenvalue weighted by Gasteiger charge is -2.35. The lowest BCUT2D eigenvalue weighted by atomic mass is 10.2. The Morgan fingerprint density at radius 2 is 1.82 bits per heavy atom. The fourth-order valence-corrected chi connectivity index (χ4v) is 5.22. The highest BCUT2D eigenvalue weighted by Gasteiger charge is 2.23. The maximum absolute atomic E-state index is 12.8. The van der Waals surface area contributed by atoms with Crippen LogP contribution < -0.4 is 10.2 Å². The van der Waals surface area contributed by atoms with Gasteiger partial charge in [-0.2, -0.15) is 0 Å². The molecule has 0 spiro atoms. The number of thiophene rings is 1. The predicted octanol–water partition coefficient (Wildman–Crippen LogP) is 4.27. The van der Waals surface area contributed by atoms with Gasteiger partial charge in [-0.25, -0.2) is 9.40 Å². The first-order valence-corrected chi connectivity index (χ1v) is 12.4. The number of aromatic nitrogens is 1. The molecule has 0 radical (unpaired) electrons. The third-order valence-corrected chi connectivity index (χ3v) is 7.22. The number of carbonyl (C=O) groups excluding carboxylic acids is 2. The van der Waals surface area contributed by atoms with E-state index in [-0.39, 0.29) is 11.8 Å². The van der Waals surface area contributed by atoms with Crippen LogP contribution in [0, 0.1) is 0 Å². The van der Waals surface area contributed by atoms with Crippen molar-refractivity contribution in [2.75, 3.05) is 38.1 Å². The summed E-state index contributed by atoms with van der Waals surface area (Å²) in [5.74, 6) is 0.369. The van der Waals surface area contributed by atoms with Gasteiger partial charge in [-0.1, -0.05) is 23.7 Å². The molecule has 10 heteroatoms. The zero-order valence-electron chi connectivity index (χ0n) is 18.7. The highest BCUT2D eigenvalue weighted by atomic mass is 35.5. The van der Waals surface area contributed by atoms with Crippen LogP contribution in [0.1, 0.15) is 30.5 Å². The molecule has 1 aliphatic rings. The van der Waals surface area contributed by atoms with Gasteiger partial charge in [0, 0.05) is 67.6 Å². The average Bonchev–Trinajstić information content (AvgIpc) is 3.33. The maximum atomic E-state index is 12.8. The summed E-state index contributed by atoms with van der Waals surface area (Å²) in [6, 6.07) is 14.7. The Bertz CT molecular complexity index is 1150. The molecule has 1 aliphatic heterocycles. The van der Waals surface area contributed by atoms with Crippen molar-refractivity contribution < 1.29 is 9.59 Å². The average molecular weight is 518 g/mol. The number of carbonyl (C=O) groups is 2. The summed E-state index contributed by atoms with van der Waals surface area (Å²) in [7, 11) is 1.62. The Kier molecular flexibility index (Phi) is 8.05. The van der Waals surface area contributed by atoms with E-state index in [1.54, 1.807) is 37.5 Å². The molecule has 3 heterocycles. The van der Waals surface area contributed by atoms with E-state index in [1.807, 2.05) is 24.3 Å². The van der Waals surface area contributed by atoms with Crippen molar-refractivity contribution in [3.8, 4) is 0 Å². The molecule has 7 nitrogen and oxygen atoms in total. The quantitative estimate of drug-likeness (QED) is 0.473. The van der Waals surface area contributed by atoms with Crippen molar-refractivity contribution in [2.24, 2.45) is 0 Å². The van der Waals surface area contributed by atoms with Crippen LogP contribution in [0.2, 0.25) is 5.02 Å². The van der Waals surface area contributed by atoms with Crippen molar-refractivity contribution in [1.29, 1.82) is 0 Å². The van der Waals surface area contributed by atoms with E-state index in [9.17, 15) is 9.59 Å². The second kappa shape index (κ2) is 11.2. The van der Waals surface area contributed by atoms with Gasteiger partial charge in [0.2, 0.25) is 0 Å². The van der Waals surface area contributed by atoms with E-state index in [1.165, 1.54) is 15.8 Å². The number of anilines is 1. The summed E-state index contributed by atoms with van der Waals surface area (Å²) in [6.07, 6.45) is 1.71. The molecule has 0 bridgehead atoms. The summed E-state index contributed by atoms with van der Waals surface area (Å²) in [5.41, 5.74) is 1.50. The summed E-state index contributed by atoms with van der Waals surface area (Å²) in [5, 5.41) is 3.32. The molecule has 1 fully saturated rings. The molecular weight excluding hydrogens is 493 g/mol. The first-order valence-electron chi connectivity index (χ1n) is 10.9. The van der Waals surface area contributed by atoms with Gasteiger partial charge in [0.1, 0.15) is 5.82 Å². The summed E-state index contributed by atoms with van der Waals surface area (Å²) >= 11 is 13.6. The Morgan fingerprint density at radius 3 is 2.53 bits per heavy atom. The number of hydrogen-bond acceptors (Lipinski definition) is 6. The van der Waals surface area contributed by atoms with Crippen molar-refractivity contribution >= 4 is 52.3 Å². The van der Waals surface area contributed by atoms with Crippen LogP contribution in [0.5, 0.6) is 0 Å². The molecule has 1 N–H and O–H groups in total. The molecule has 0 unspecified atom stereocenters. The van der Waals surface area contributed by atoms with Crippen LogP contribution in [0.25, 0.3) is 0 Å². The van der Waals surface area contributed by atoms with Gasteiger partial charge in [0.05, 0.1) is 17.0 Å². The van der Waals surface area contributed by atoms with E-state index < -0.39 is 0 Å². The molecule has 2 amide bonds. The van der Waals surface area contributed by atoms with Gasteiger partial charge in [0.15, 0.2) is 0 Å². The molecule has 0 atom stereocenters. The molecule has 1 saturated heterocycles. The summed E-state index contributed by atoms with van der Waals surface area (Å²) in [4.78, 5) is 35.6. The fourth-order valence-electron chi connectivity index (χ4n) is 3.82. The summed E-state index contributed by atoms with van der Waals surface area (Å²) < 4.78 is 1.20. The second-order valence-electron chi connectivity index (χ2n) is 7.93. The number of halogens is 2. The third-order valence-electron chi connectivity index (χ3n) is 5.64. The van der Waals surface area contributed by atoms with Gasteiger partial charge in [-0.15, -0.1) is 11.3 Å². The van der Waals surface area contributed by atoms with Gasteiger partial charge < -0.3 is 10.2 Å². The highest BCUT2D eigenvalue weighted by molar-refractivity contribution is 7.14. The maximum Gasteiger partial charge on any atom is 0.278 e. The number of hydrogen-bond donors (Lipinski definition) is 1. The Balaban J connectivity index is 1.32. The van der Waals surface area contributed by atoms with E-state index >= 15 is 0 Å². The van der Waals surface area contributed by atoms with Crippen LogP contribution in [0.15, 0.2) is 54.7 Å². The number of benzene rings is 1. The lowest BCUT2D eigenvalue weighted by molar-refractivity contribution is 0.0861. The Morgan fingerprint density at radius 1 is 1.09 bits per heavy atom. The molecule has 0 saturated carbocycles. The van der Waals surface area contributed by atoms with Crippen molar-refractivity contribution in [3.05, 3.63) is 80.6 Å². The molecule has 34 heavy (non-hydrogen) atoms. The molecular formula is C24H25Cl2N5O2S. The standard InChI is InChI=1S/C24H25Cl2N5O2S/c1-27-23(32)20-3-2-10-28-22(20)30-13-11-29(12-14-30)16-19-8-9-21(34-19)24(33)31(26)15-17-4-6-18(25)7-5-17/h2-10H,11-16H2,1H3,(H,27,32). The largest absolute Gasteiger partial charge is 0.355 e. The smallest absolute Gasteiger partial charge is 0.278 e. The van der Waals surface area contributed by atoms with Crippen molar-refractivity contribution in [1.82, 2.24) is 19.6 Å². The molecule has 178 valence electrons. The van der Waals surface area contributed by atoms with E-state index in [0.717, 1.165) is 43.2 Å². The van der Waals surface area contributed by atoms with Gasteiger partial charge in [-0.3, -0.25) is 14.5 Å². The van der Waals surface area contributed by atoms with Crippen molar-refractivity contribution in [2.45, 2.75) is 13.1 Å². The predicted molar refractivity (Wildman–Crippen MR) is 137 cm³/mol. The number of nitrogens with one attached hydrogen (secondary N) is 1. The Labute approximate surface area is 213 Å². The van der Waals surface area contributed by atoms with E-state index in [0.29, 0.717) is 27.8 Å². The minimum atomic E-state index is -0.213. The molecule has 0 aliphatic carbocycles.